The fourth-order valence-corrected chi connectivity index (χ4v) is 6.92. The van der Waals surface area contributed by atoms with Crippen LogP contribution in [-0.2, 0) is 9.53 Å². The Bertz CT molecular complexity index is 1630. The number of hydrogen-bond donors (Lipinski definition) is 3. The van der Waals surface area contributed by atoms with E-state index in [1.807, 2.05) is 29.2 Å². The first-order chi connectivity index (χ1) is 20.0. The second-order valence-corrected chi connectivity index (χ2v) is 11.6. The van der Waals surface area contributed by atoms with Gasteiger partial charge in [-0.3, -0.25) is 9.59 Å². The molecule has 41 heavy (non-hydrogen) atoms. The van der Waals surface area contributed by atoms with Crippen LogP contribution in [0.3, 0.4) is 0 Å². The number of anilines is 2. The third-order valence-corrected chi connectivity index (χ3v) is 9.15. The summed E-state index contributed by atoms with van der Waals surface area (Å²) in [6.07, 6.45) is 3.42. The summed E-state index contributed by atoms with van der Waals surface area (Å²) in [4.78, 5) is 41.4. The number of imidazole rings is 1. The Morgan fingerprint density at radius 3 is 2.56 bits per heavy atom. The van der Waals surface area contributed by atoms with Gasteiger partial charge in [0.05, 0.1) is 40.4 Å². The molecule has 4 fully saturated rings. The highest BCUT2D eigenvalue weighted by Crippen LogP contribution is 2.38. The molecule has 0 amide bonds. The highest BCUT2D eigenvalue weighted by atomic mass is 19.1. The number of carbonyl (C=O) groups excluding carboxylic acids is 1. The molecule has 2 aromatic heterocycles. The highest BCUT2D eigenvalue weighted by Gasteiger charge is 2.35. The second-order valence-electron chi connectivity index (χ2n) is 11.6. The molecule has 2 aromatic carbocycles. The topological polar surface area (TPSA) is 106 Å². The molecule has 2 bridgehead atoms. The van der Waals surface area contributed by atoms with Crippen molar-refractivity contribution in [3.63, 3.8) is 0 Å². The lowest BCUT2D eigenvalue weighted by atomic mass is 9.83. The molecule has 1 atom stereocenters. The van der Waals surface area contributed by atoms with E-state index in [-0.39, 0.29) is 29.3 Å². The van der Waals surface area contributed by atoms with Crippen LogP contribution in [0.1, 0.15) is 32.6 Å². The van der Waals surface area contributed by atoms with E-state index in [9.17, 15) is 9.59 Å². The third-order valence-electron chi connectivity index (χ3n) is 9.15. The monoisotopic (exact) mass is 558 g/mol. The molecule has 3 N–H and O–H groups in total. The lowest BCUT2D eigenvalue weighted by Crippen LogP contribution is -2.53. The highest BCUT2D eigenvalue weighted by molar-refractivity contribution is 6.00. The Labute approximate surface area is 237 Å². The number of rotatable bonds is 6. The van der Waals surface area contributed by atoms with Crippen molar-refractivity contribution in [2.45, 2.75) is 38.6 Å². The zero-order chi connectivity index (χ0) is 28.1. The van der Waals surface area contributed by atoms with Crippen molar-refractivity contribution in [2.24, 2.45) is 11.8 Å². The smallest absolute Gasteiger partial charge is 0.309 e. The van der Waals surface area contributed by atoms with Crippen molar-refractivity contribution in [3.05, 3.63) is 52.6 Å². The summed E-state index contributed by atoms with van der Waals surface area (Å²) in [5, 5.41) is 4.33. The fourth-order valence-electron chi connectivity index (χ4n) is 6.92. The van der Waals surface area contributed by atoms with E-state index in [0.29, 0.717) is 72.1 Å². The van der Waals surface area contributed by atoms with Gasteiger partial charge in [-0.15, -0.1) is 0 Å². The Kier molecular flexibility index (Phi) is 6.65. The molecule has 4 aliphatic heterocycles. The van der Waals surface area contributed by atoms with Crippen LogP contribution in [0.25, 0.3) is 33.3 Å². The van der Waals surface area contributed by atoms with E-state index in [0.717, 1.165) is 43.5 Å². The zero-order valence-electron chi connectivity index (χ0n) is 23.2. The molecule has 0 aliphatic carbocycles. The minimum Gasteiger partial charge on any atom is -0.466 e. The van der Waals surface area contributed by atoms with E-state index in [1.54, 1.807) is 13.0 Å². The summed E-state index contributed by atoms with van der Waals surface area (Å²) in [7, 11) is 0. The van der Waals surface area contributed by atoms with Crippen molar-refractivity contribution in [2.75, 3.05) is 49.5 Å². The summed E-state index contributed by atoms with van der Waals surface area (Å²) in [5.74, 6) is 0.258. The lowest BCUT2D eigenvalue weighted by Gasteiger charge is -2.45. The first kappa shape index (κ1) is 26.0. The number of piperidine rings is 4. The van der Waals surface area contributed by atoms with Gasteiger partial charge in [-0.2, -0.15) is 0 Å². The molecule has 4 saturated heterocycles. The van der Waals surface area contributed by atoms with Gasteiger partial charge in [0, 0.05) is 31.1 Å². The average molecular weight is 559 g/mol. The number of H-pyrrole nitrogens is 2. The Morgan fingerprint density at radius 1 is 1.07 bits per heavy atom. The second kappa shape index (κ2) is 10.5. The largest absolute Gasteiger partial charge is 0.466 e. The molecule has 4 aliphatic rings. The minimum absolute atomic E-state index is 0.162. The van der Waals surface area contributed by atoms with Gasteiger partial charge in [0.2, 0.25) is 0 Å². The van der Waals surface area contributed by atoms with Gasteiger partial charge in [0.15, 0.2) is 0 Å². The lowest BCUT2D eigenvalue weighted by molar-refractivity contribution is -0.148. The molecule has 0 radical (unpaired) electrons. The van der Waals surface area contributed by atoms with Crippen LogP contribution >= 0.6 is 0 Å². The minimum atomic E-state index is -0.355. The number of carbonyl (C=O) groups is 1. The van der Waals surface area contributed by atoms with Gasteiger partial charge < -0.3 is 29.8 Å². The summed E-state index contributed by atoms with van der Waals surface area (Å²) in [6.45, 7) is 6.33. The number of halogens is 1. The zero-order valence-corrected chi connectivity index (χ0v) is 23.2. The molecule has 6 heterocycles. The first-order valence-electron chi connectivity index (χ1n) is 14.7. The number of ether oxygens (including phenoxy) is 1. The van der Waals surface area contributed by atoms with Gasteiger partial charge in [-0.1, -0.05) is 12.1 Å². The van der Waals surface area contributed by atoms with Crippen LogP contribution in [0.2, 0.25) is 0 Å². The van der Waals surface area contributed by atoms with E-state index in [2.05, 4.69) is 20.2 Å². The quantitative estimate of drug-likeness (QED) is 0.299. The van der Waals surface area contributed by atoms with Crippen LogP contribution in [0.5, 0.6) is 0 Å². The van der Waals surface area contributed by atoms with Crippen LogP contribution in [0, 0.1) is 17.7 Å². The molecule has 0 unspecified atom stereocenters. The van der Waals surface area contributed by atoms with Crippen molar-refractivity contribution >= 4 is 39.3 Å². The molecule has 0 spiro atoms. The van der Waals surface area contributed by atoms with Crippen molar-refractivity contribution in [1.29, 1.82) is 0 Å². The van der Waals surface area contributed by atoms with Crippen LogP contribution < -0.4 is 15.8 Å². The van der Waals surface area contributed by atoms with Gasteiger partial charge >= 0.3 is 5.97 Å². The number of pyridine rings is 1. The number of aromatic amines is 2. The number of esters is 1. The van der Waals surface area contributed by atoms with Gasteiger partial charge in [-0.25, -0.2) is 9.37 Å². The summed E-state index contributed by atoms with van der Waals surface area (Å²) < 4.78 is 21.1. The average Bonchev–Trinajstić information content (AvgIpc) is 3.42. The maximum Gasteiger partial charge on any atom is 0.309 e. The predicted octanol–water partition coefficient (Wildman–Crippen LogP) is 4.50. The van der Waals surface area contributed by atoms with Crippen LogP contribution in [0.15, 0.2) is 41.2 Å². The number of fused-ring (bicyclic) bond motifs is 5. The molecule has 8 rings (SSSR count). The molecule has 214 valence electrons. The number of hydrogen-bond acceptors (Lipinski definition) is 7. The van der Waals surface area contributed by atoms with E-state index in [1.165, 1.54) is 6.07 Å². The van der Waals surface area contributed by atoms with Crippen molar-refractivity contribution in [3.8, 4) is 11.4 Å². The number of benzene rings is 2. The number of nitrogens with one attached hydrogen (secondary N) is 3. The Morgan fingerprint density at radius 2 is 1.85 bits per heavy atom. The van der Waals surface area contributed by atoms with Crippen molar-refractivity contribution in [1.82, 2.24) is 19.9 Å². The predicted molar refractivity (Wildman–Crippen MR) is 158 cm³/mol. The molecule has 10 heteroatoms. The molecular weight excluding hydrogens is 523 g/mol. The van der Waals surface area contributed by atoms with Gasteiger partial charge in [0.1, 0.15) is 17.2 Å². The third kappa shape index (κ3) is 4.73. The summed E-state index contributed by atoms with van der Waals surface area (Å²) >= 11 is 0. The Balaban J connectivity index is 1.30. The van der Waals surface area contributed by atoms with Gasteiger partial charge in [-0.05, 0) is 75.9 Å². The van der Waals surface area contributed by atoms with Crippen LogP contribution in [0.4, 0.5) is 15.8 Å². The maximum atomic E-state index is 15.9. The van der Waals surface area contributed by atoms with Crippen molar-refractivity contribution < 1.29 is 13.9 Å². The first-order valence-corrected chi connectivity index (χ1v) is 14.7. The fraction of sp³-hybridized carbons (Fsp3) is 0.452. The standard InChI is InChI=1S/C31H35FN6O3/c1-2-41-31(40)19-9-13-38(14-10-19)26-16-24-20(15-21(26)32)28(33-25-17-37-11-7-18(25)8-12-37)27(30(39)36-24)29-34-22-5-3-4-6-23(22)35-29/h3-6,15-16,18-19,25H,2,7-14,17H2,1H3,(H,34,35)(H2,33,36,39)/t25-/m0/s1. The van der Waals surface area contributed by atoms with E-state index >= 15 is 4.39 Å². The molecule has 9 nitrogen and oxygen atoms in total. The summed E-state index contributed by atoms with van der Waals surface area (Å²) in [6, 6.07) is 11.1. The normalized spacial score (nSPS) is 22.9. The van der Waals surface area contributed by atoms with E-state index < -0.39 is 0 Å². The number of para-hydroxylation sites is 2. The molecule has 4 aromatic rings. The molecular formula is C31H35FN6O3. The summed E-state index contributed by atoms with van der Waals surface area (Å²) in [5.41, 5.74) is 3.34. The molecule has 0 saturated carbocycles. The number of aromatic nitrogens is 3. The Hall–Kier alpha value is -3.92. The van der Waals surface area contributed by atoms with E-state index in [4.69, 9.17) is 9.72 Å². The van der Waals surface area contributed by atoms with Crippen LogP contribution in [-0.4, -0.2) is 71.2 Å². The SMILES string of the molecule is CCOC(=O)C1CCN(c2cc3[nH]c(=O)c(-c4nc5ccccc5[nH]4)c(N[C@H]4CN5CCC4CC5)c3cc2F)CC1. The van der Waals surface area contributed by atoms with Gasteiger partial charge in [0.25, 0.3) is 5.56 Å². The maximum absolute atomic E-state index is 15.9. The number of nitrogens with zero attached hydrogens (tertiary/aromatic N) is 3.